The Morgan fingerprint density at radius 1 is 1.56 bits per heavy atom. The Kier molecular flexibility index (Phi) is 3.73. The number of methoxy groups -OCH3 is 1. The van der Waals surface area contributed by atoms with Crippen molar-refractivity contribution in [2.45, 2.75) is 36.6 Å². The minimum absolute atomic E-state index is 0.626. The first-order valence-electron chi connectivity index (χ1n) is 4.93. The number of rotatable bonds is 4. The van der Waals surface area contributed by atoms with Gasteiger partial charge in [0, 0.05) is 7.11 Å². The van der Waals surface area contributed by atoms with Crippen molar-refractivity contribution >= 4 is 0 Å². The molecule has 1 fully saturated rings. The zero-order valence-electron chi connectivity index (χ0n) is 9.33. The normalized spacial score (nSPS) is 45.6. The van der Waals surface area contributed by atoms with E-state index in [1.165, 1.54) is 20.1 Å². The summed E-state index contributed by atoms with van der Waals surface area (Å²) >= 11 is 0. The molecule has 1 aliphatic rings. The van der Waals surface area contributed by atoms with E-state index in [1.54, 1.807) is 0 Å². The highest BCUT2D eigenvalue weighted by molar-refractivity contribution is 5.22. The highest BCUT2D eigenvalue weighted by Crippen LogP contribution is 2.44. The van der Waals surface area contributed by atoms with Gasteiger partial charge in [-0.05, 0) is 6.92 Å². The van der Waals surface area contributed by atoms with Gasteiger partial charge in [-0.1, -0.05) is 6.08 Å². The molecular formula is C10H18O6. The zero-order valence-corrected chi connectivity index (χ0v) is 9.33. The molecule has 94 valence electrons. The lowest BCUT2D eigenvalue weighted by Gasteiger charge is -2.42. The Balaban J connectivity index is 3.31. The second-order valence-corrected chi connectivity index (χ2v) is 3.88. The van der Waals surface area contributed by atoms with Crippen LogP contribution in [0.3, 0.4) is 0 Å². The van der Waals surface area contributed by atoms with E-state index in [0.29, 0.717) is 0 Å². The summed E-state index contributed by atoms with van der Waals surface area (Å²) in [5.74, 6) is 0. The van der Waals surface area contributed by atoms with E-state index in [4.69, 9.17) is 9.47 Å². The third-order valence-electron chi connectivity index (χ3n) is 3.25. The van der Waals surface area contributed by atoms with Crippen LogP contribution in [0.15, 0.2) is 12.7 Å². The van der Waals surface area contributed by atoms with Gasteiger partial charge in [0.15, 0.2) is 17.5 Å². The molecule has 1 rings (SSSR count). The van der Waals surface area contributed by atoms with Crippen LogP contribution in [0.2, 0.25) is 0 Å². The summed E-state index contributed by atoms with van der Waals surface area (Å²) in [7, 11) is 1.28. The number of ether oxygens (including phenoxy) is 2. The molecule has 2 unspecified atom stereocenters. The van der Waals surface area contributed by atoms with E-state index < -0.39 is 36.3 Å². The molecule has 0 aromatic carbocycles. The van der Waals surface area contributed by atoms with Crippen molar-refractivity contribution in [3.8, 4) is 0 Å². The molecule has 0 saturated carbocycles. The molecule has 6 heteroatoms. The lowest BCUT2D eigenvalue weighted by molar-refractivity contribution is -0.222. The van der Waals surface area contributed by atoms with Gasteiger partial charge < -0.3 is 29.9 Å². The highest BCUT2D eigenvalue weighted by Gasteiger charge is 2.66. The van der Waals surface area contributed by atoms with Crippen LogP contribution in [0.4, 0.5) is 0 Å². The zero-order chi connectivity index (χ0) is 12.6. The van der Waals surface area contributed by atoms with Crippen LogP contribution in [0.25, 0.3) is 0 Å². The van der Waals surface area contributed by atoms with E-state index >= 15 is 0 Å². The van der Waals surface area contributed by atoms with E-state index in [-0.39, 0.29) is 0 Å². The van der Waals surface area contributed by atoms with Gasteiger partial charge in [0.05, 0.1) is 12.7 Å². The molecule has 4 N–H and O–H groups in total. The van der Waals surface area contributed by atoms with Gasteiger partial charge in [-0.3, -0.25) is 0 Å². The molecule has 0 aromatic heterocycles. The van der Waals surface area contributed by atoms with E-state index in [2.05, 4.69) is 6.58 Å². The Bertz CT molecular complexity index is 268. The molecular weight excluding hydrogens is 216 g/mol. The van der Waals surface area contributed by atoms with Gasteiger partial charge in [-0.2, -0.15) is 0 Å². The fraction of sp³-hybridized carbons (Fsp3) is 0.800. The summed E-state index contributed by atoms with van der Waals surface area (Å²) in [5.41, 5.74) is -3.20. The van der Waals surface area contributed by atoms with Gasteiger partial charge in [0.1, 0.15) is 6.10 Å². The molecule has 6 nitrogen and oxygen atoms in total. The molecule has 5 atom stereocenters. The lowest BCUT2D eigenvalue weighted by atomic mass is 9.77. The standard InChI is InChI=1S/C10H18O6/c1-4-9(15-3)7(13)8(14)16-10(9,5-11)6(2)12/h4,6-8,11-14H,1,5H2,2-3H3/t6-,7?,8+,9-,10?/m0/s1. The molecule has 0 spiro atoms. The van der Waals surface area contributed by atoms with Crippen molar-refractivity contribution in [3.05, 3.63) is 12.7 Å². The molecule has 0 radical (unpaired) electrons. The number of hydrogen-bond donors (Lipinski definition) is 4. The molecule has 1 aliphatic heterocycles. The molecule has 0 aliphatic carbocycles. The first-order chi connectivity index (χ1) is 7.41. The second-order valence-electron chi connectivity index (χ2n) is 3.88. The van der Waals surface area contributed by atoms with E-state index in [9.17, 15) is 20.4 Å². The molecule has 0 bridgehead atoms. The summed E-state index contributed by atoms with van der Waals surface area (Å²) < 4.78 is 10.2. The van der Waals surface area contributed by atoms with Crippen LogP contribution in [0, 0.1) is 0 Å². The van der Waals surface area contributed by atoms with E-state index in [1.807, 2.05) is 0 Å². The van der Waals surface area contributed by atoms with Gasteiger partial charge in [0.25, 0.3) is 0 Å². The summed E-state index contributed by atoms with van der Waals surface area (Å²) in [6, 6.07) is 0. The number of hydrogen-bond acceptors (Lipinski definition) is 6. The Morgan fingerprint density at radius 2 is 2.12 bits per heavy atom. The molecule has 0 aromatic rings. The average molecular weight is 234 g/mol. The fourth-order valence-electron chi connectivity index (χ4n) is 2.22. The third-order valence-corrected chi connectivity index (χ3v) is 3.25. The maximum Gasteiger partial charge on any atom is 0.185 e. The maximum atomic E-state index is 9.83. The Labute approximate surface area is 93.7 Å². The van der Waals surface area contributed by atoms with Gasteiger partial charge in [-0.25, -0.2) is 0 Å². The largest absolute Gasteiger partial charge is 0.393 e. The monoisotopic (exact) mass is 234 g/mol. The molecule has 16 heavy (non-hydrogen) atoms. The molecule has 1 saturated heterocycles. The number of aliphatic hydroxyl groups is 4. The Morgan fingerprint density at radius 3 is 2.38 bits per heavy atom. The van der Waals surface area contributed by atoms with E-state index in [0.717, 1.165) is 0 Å². The minimum atomic E-state index is -1.64. The SMILES string of the molecule is C=C[C@]1(OC)C(O)[C@H](O)OC1(CO)[C@H](C)O. The first kappa shape index (κ1) is 13.6. The predicted octanol–water partition coefficient (Wildman–Crippen LogP) is -1.62. The first-order valence-corrected chi connectivity index (χ1v) is 4.93. The van der Waals surface area contributed by atoms with Crippen molar-refractivity contribution in [2.75, 3.05) is 13.7 Å². The van der Waals surface area contributed by atoms with Crippen LogP contribution in [-0.2, 0) is 9.47 Å². The minimum Gasteiger partial charge on any atom is -0.393 e. The average Bonchev–Trinajstić information content (AvgIpc) is 2.49. The van der Waals surface area contributed by atoms with Gasteiger partial charge in [-0.15, -0.1) is 6.58 Å². The second kappa shape index (κ2) is 4.40. The fourth-order valence-corrected chi connectivity index (χ4v) is 2.22. The molecule has 1 heterocycles. The van der Waals surface area contributed by atoms with Crippen LogP contribution >= 0.6 is 0 Å². The summed E-state index contributed by atoms with van der Waals surface area (Å²) in [4.78, 5) is 0. The van der Waals surface area contributed by atoms with Crippen molar-refractivity contribution in [1.82, 2.24) is 0 Å². The summed E-state index contributed by atoms with van der Waals surface area (Å²) in [6.45, 7) is 4.24. The summed E-state index contributed by atoms with van der Waals surface area (Å²) in [6.07, 6.45) is -2.93. The third kappa shape index (κ3) is 1.42. The van der Waals surface area contributed by atoms with Crippen LogP contribution in [-0.4, -0.2) is 63.8 Å². The topological polar surface area (TPSA) is 99.4 Å². The van der Waals surface area contributed by atoms with Crippen LogP contribution < -0.4 is 0 Å². The summed E-state index contributed by atoms with van der Waals surface area (Å²) in [5, 5.41) is 38.4. The van der Waals surface area contributed by atoms with Gasteiger partial charge in [0.2, 0.25) is 0 Å². The van der Waals surface area contributed by atoms with Gasteiger partial charge >= 0.3 is 0 Å². The quantitative estimate of drug-likeness (QED) is 0.436. The maximum absolute atomic E-state index is 9.83. The smallest absolute Gasteiger partial charge is 0.185 e. The predicted molar refractivity (Wildman–Crippen MR) is 54.5 cm³/mol. The highest BCUT2D eigenvalue weighted by atomic mass is 16.7. The number of aliphatic hydroxyl groups excluding tert-OH is 4. The molecule has 0 amide bonds. The van der Waals surface area contributed by atoms with Crippen molar-refractivity contribution < 1.29 is 29.9 Å². The van der Waals surface area contributed by atoms with Crippen LogP contribution in [0.5, 0.6) is 0 Å². The van der Waals surface area contributed by atoms with Crippen molar-refractivity contribution in [1.29, 1.82) is 0 Å². The lowest BCUT2D eigenvalue weighted by Crippen LogP contribution is -2.63. The van der Waals surface area contributed by atoms with Crippen molar-refractivity contribution in [3.63, 3.8) is 0 Å². The Hall–Kier alpha value is -0.500. The van der Waals surface area contributed by atoms with Crippen LogP contribution in [0.1, 0.15) is 6.92 Å². The van der Waals surface area contributed by atoms with Crippen molar-refractivity contribution in [2.24, 2.45) is 0 Å².